The molecule has 0 unspecified atom stereocenters. The number of aromatic nitrogens is 4. The fourth-order valence-electron chi connectivity index (χ4n) is 22.7. The fourth-order valence-corrected chi connectivity index (χ4v) is 22.7. The van der Waals surface area contributed by atoms with Crippen LogP contribution in [0.2, 0.25) is 0 Å². The molecule has 9 aromatic carbocycles. The maximum Gasteiger partial charge on any atom is 0.338 e. The van der Waals surface area contributed by atoms with Crippen molar-refractivity contribution in [3.8, 4) is 11.6 Å². The maximum absolute atomic E-state index is 12.5. The lowest BCUT2D eigenvalue weighted by Gasteiger charge is -2.31. The lowest BCUT2D eigenvalue weighted by atomic mass is 9.96. The summed E-state index contributed by atoms with van der Waals surface area (Å²) < 4.78 is 53.4. The van der Waals surface area contributed by atoms with Gasteiger partial charge in [-0.25, -0.2) is 4.79 Å². The zero-order valence-electron chi connectivity index (χ0n) is 88.5. The number of nitrogens with one attached hydrogen (secondary N) is 2. The molecule has 11 aromatic rings. The van der Waals surface area contributed by atoms with E-state index in [0.29, 0.717) is 92.4 Å². The van der Waals surface area contributed by atoms with Crippen molar-refractivity contribution in [1.82, 2.24) is 25.3 Å². The van der Waals surface area contributed by atoms with Crippen LogP contribution >= 0.6 is 0 Å². The fraction of sp³-hybridized carbons (Fsp3) is 0.508. The van der Waals surface area contributed by atoms with Gasteiger partial charge in [0.05, 0.1) is 87.8 Å². The Morgan fingerprint density at radius 2 is 0.740 bits per heavy atom. The minimum Gasteiger partial charge on any atom is -0.497 e. The van der Waals surface area contributed by atoms with Crippen molar-refractivity contribution in [2.75, 3.05) is 125 Å². The lowest BCUT2D eigenvalue weighted by molar-refractivity contribution is 0.0206. The van der Waals surface area contributed by atoms with Crippen LogP contribution in [0.25, 0.3) is 0 Å². The number of hydrogen-bond acceptors (Lipinski definition) is 21. The van der Waals surface area contributed by atoms with E-state index >= 15 is 0 Å². The SMILES string of the molecule is COc1ccc(COc2cc(N3CCOCC3)nc(N3CC[C@@H](OCC4CC4)[C@@H]3Cc3ccccc3)n2)cc1.O=C(O[C@@H]1CCC[C@H]1Cc1ccccc1)c1ccccc1.O=c1cc(N2CCOCC2)nc(N2CC[C@@H](OCC3CC3)[C@@H]2Cc2ccccc2)[nH]1.O[C@@H]1CCC[C@H]1Cc1ccccc1.O[C@H]1CCC[C@H]1Cc1ccccc1.c1ccc(C[C@@H]2CCC[C@H]2OCC2CC2)cc1.c1ccc(C[C@@H]2NCC[C@H]2OCC2CC2)cc1. The molecule has 5 saturated heterocycles. The van der Waals surface area contributed by atoms with Crippen molar-refractivity contribution in [2.24, 2.45) is 47.3 Å². The molecule has 5 aliphatic heterocycles. The average Bonchev–Trinajstić information content (AvgIpc) is 1.59. The van der Waals surface area contributed by atoms with Crippen LogP contribution in [0.1, 0.15) is 203 Å². The Bertz CT molecular complexity index is 5630. The monoisotopic (exact) mass is 2030 g/mol. The van der Waals surface area contributed by atoms with Crippen molar-refractivity contribution < 1.29 is 57.6 Å². The normalized spacial score (nSPS) is 24.6. The quantitative estimate of drug-likeness (QED) is 0.0267. The summed E-state index contributed by atoms with van der Waals surface area (Å²) in [4.78, 5) is 51.5. The summed E-state index contributed by atoms with van der Waals surface area (Å²) in [5, 5.41) is 22.9. The molecule has 13 aliphatic rings. The summed E-state index contributed by atoms with van der Waals surface area (Å²) in [6.45, 7) is 12.8. The number of nitrogens with zero attached hydrogens (tertiary/aromatic N) is 7. The Hall–Kier alpha value is -11.2. The Morgan fingerprint density at radius 1 is 0.360 bits per heavy atom. The number of morpholine rings is 2. The molecule has 22 nitrogen and oxygen atoms in total. The van der Waals surface area contributed by atoms with E-state index in [4.69, 9.17) is 57.6 Å². The highest BCUT2D eigenvalue weighted by Crippen LogP contribution is 2.41. The predicted octanol–water partition coefficient (Wildman–Crippen LogP) is 22.0. The summed E-state index contributed by atoms with van der Waals surface area (Å²) in [5.74, 6) is 9.64. The van der Waals surface area contributed by atoms with E-state index in [1.165, 1.54) is 148 Å². The number of carbonyl (C=O) groups excluding carboxylic acids is 1. The molecular weight excluding hydrogens is 1870 g/mol. The van der Waals surface area contributed by atoms with Gasteiger partial charge in [-0.05, 0) is 296 Å². The van der Waals surface area contributed by atoms with Gasteiger partial charge in [0.15, 0.2) is 0 Å². The molecule has 4 N–H and O–H groups in total. The number of hydrogen-bond donors (Lipinski definition) is 4. The summed E-state index contributed by atoms with van der Waals surface area (Å²) >= 11 is 0. The van der Waals surface area contributed by atoms with Gasteiger partial charge in [0.1, 0.15) is 30.1 Å². The van der Waals surface area contributed by atoms with E-state index in [1.807, 2.05) is 84.9 Å². The van der Waals surface area contributed by atoms with Gasteiger partial charge in [-0.15, -0.1) is 0 Å². The Balaban J connectivity index is 0.000000118. The molecule has 14 atom stereocenters. The summed E-state index contributed by atoms with van der Waals surface area (Å²) in [5.41, 5.74) is 11.1. The molecule has 24 rings (SSSR count). The first-order valence-corrected chi connectivity index (χ1v) is 56.9. The van der Waals surface area contributed by atoms with E-state index in [9.17, 15) is 19.8 Å². The Morgan fingerprint density at radius 3 is 1.18 bits per heavy atom. The number of esters is 1. The first-order chi connectivity index (χ1) is 73.9. The topological polar surface area (TPSA) is 237 Å². The van der Waals surface area contributed by atoms with Gasteiger partial charge in [-0.2, -0.15) is 15.0 Å². The van der Waals surface area contributed by atoms with Crippen LogP contribution in [0, 0.1) is 47.3 Å². The Labute approximate surface area is 890 Å². The van der Waals surface area contributed by atoms with E-state index in [1.54, 1.807) is 13.2 Å². The van der Waals surface area contributed by atoms with E-state index in [-0.39, 0.29) is 54.1 Å². The zero-order chi connectivity index (χ0) is 102. The van der Waals surface area contributed by atoms with Gasteiger partial charge in [0.25, 0.3) is 5.56 Å². The highest BCUT2D eigenvalue weighted by molar-refractivity contribution is 5.89. The number of anilines is 4. The zero-order valence-corrected chi connectivity index (χ0v) is 88.5. The van der Waals surface area contributed by atoms with Gasteiger partial charge in [0, 0.05) is 83.9 Å². The van der Waals surface area contributed by atoms with Gasteiger partial charge < -0.3 is 77.8 Å². The van der Waals surface area contributed by atoms with Gasteiger partial charge in [-0.1, -0.05) is 262 Å². The molecule has 0 amide bonds. The van der Waals surface area contributed by atoms with Gasteiger partial charge in [-0.3, -0.25) is 9.78 Å². The van der Waals surface area contributed by atoms with Crippen molar-refractivity contribution in [3.05, 3.63) is 339 Å². The first-order valence-electron chi connectivity index (χ1n) is 56.9. The van der Waals surface area contributed by atoms with Crippen molar-refractivity contribution in [3.63, 3.8) is 0 Å². The highest BCUT2D eigenvalue weighted by atomic mass is 16.5. The van der Waals surface area contributed by atoms with Crippen LogP contribution in [0.3, 0.4) is 0 Å². The third-order valence-electron chi connectivity index (χ3n) is 32.3. The van der Waals surface area contributed by atoms with Crippen molar-refractivity contribution >= 4 is 29.5 Å². The van der Waals surface area contributed by atoms with Gasteiger partial charge >= 0.3 is 5.97 Å². The van der Waals surface area contributed by atoms with E-state index in [0.717, 1.165) is 208 Å². The van der Waals surface area contributed by atoms with Gasteiger partial charge in [0.2, 0.25) is 17.8 Å². The van der Waals surface area contributed by atoms with Crippen LogP contribution in [0.4, 0.5) is 23.5 Å². The number of aliphatic hydroxyl groups is 2. The minimum atomic E-state index is -0.194. The Kier molecular flexibility index (Phi) is 41.7. The van der Waals surface area contributed by atoms with E-state index < -0.39 is 0 Å². The third kappa shape index (κ3) is 34.7. The first kappa shape index (κ1) is 109. The van der Waals surface area contributed by atoms with Crippen LogP contribution in [-0.2, 0) is 84.7 Å². The second-order valence-electron chi connectivity index (χ2n) is 43.9. The molecule has 7 heterocycles. The molecule has 150 heavy (non-hydrogen) atoms. The molecule has 13 fully saturated rings. The molecule has 2 aromatic heterocycles. The van der Waals surface area contributed by atoms with Crippen LogP contribution in [-0.4, -0.2) is 203 Å². The number of H-pyrrole nitrogens is 1. The average molecular weight is 2040 g/mol. The number of aliphatic hydroxyl groups excluding tert-OH is 2. The molecule has 8 aliphatic carbocycles. The highest BCUT2D eigenvalue weighted by Gasteiger charge is 2.42. The second-order valence-corrected chi connectivity index (χ2v) is 43.9. The number of carbonyl (C=O) groups is 1. The molecular formula is C128H163N9O13. The number of benzene rings is 9. The van der Waals surface area contributed by atoms with E-state index in [2.05, 4.69) is 218 Å². The smallest absolute Gasteiger partial charge is 0.338 e. The number of aromatic amines is 1. The minimum absolute atomic E-state index is 0.0536. The molecule has 0 spiro atoms. The van der Waals surface area contributed by atoms with Crippen molar-refractivity contribution in [2.45, 2.75) is 260 Å². The molecule has 798 valence electrons. The largest absolute Gasteiger partial charge is 0.497 e. The second kappa shape index (κ2) is 57.5. The van der Waals surface area contributed by atoms with Crippen LogP contribution in [0.5, 0.6) is 11.6 Å². The number of ether oxygens (including phenoxy) is 9. The van der Waals surface area contributed by atoms with Crippen LogP contribution < -0.4 is 39.9 Å². The summed E-state index contributed by atoms with van der Waals surface area (Å²) in [6.07, 6.45) is 36.2. The number of methoxy groups -OCH3 is 1. The predicted molar refractivity (Wildman–Crippen MR) is 596 cm³/mol. The molecule has 22 heteroatoms. The third-order valence-corrected chi connectivity index (χ3v) is 32.3. The number of rotatable bonds is 36. The maximum atomic E-state index is 12.5. The molecule has 0 bridgehead atoms. The molecule has 0 radical (unpaired) electrons. The summed E-state index contributed by atoms with van der Waals surface area (Å²) in [7, 11) is 1.67. The lowest BCUT2D eigenvalue weighted by Crippen LogP contribution is -2.41. The molecule has 8 saturated carbocycles. The summed E-state index contributed by atoms with van der Waals surface area (Å²) in [6, 6.07) is 95.7. The van der Waals surface area contributed by atoms with Crippen LogP contribution in [0.15, 0.2) is 284 Å². The van der Waals surface area contributed by atoms with Crippen molar-refractivity contribution in [1.29, 1.82) is 0 Å². The standard InChI is InChI=1S/C31H38N4O4.C23H30N4O3.C19H20O2.C16H22O.C15H21NO.2C12H16O/c1-36-26-11-9-25(10-12-26)22-39-30-20-29(34-15-17-37-18-16-34)32-31(33-30)35-14-13-28(38-21-24-7-8-24)27(35)19-23-5-3-2-4-6-23;28-22-15-21(26-10-12-29-13-11-26)24-23(25-22)27-9-8-20(30-16-18-6-7-18)19(27)14-17-4-2-1-3-5-17;20-19(16-10-5-2-6-11-16)21-18-13-7-12-17(18)14-15-8-3-1-4-9-15;1-2-5-13(6-3-1)11-15-7-4-8-16(15)17-12-14-9-10-14;1-2-4-12(5-3-1)10-14-15(8-9-16-14)17-11-13-6-7-13;2*13-12-8-4-7-11(12)9-10-5-2-1-3-6-10/h2-6,9-12,20,24,27-28H,7-8,13-19,21-22H2,1H3;1-5,15,18-20H,6-14,16H2,(H,24,25,28);1-6,8-11,17-18H,7,12-14H2;1-3,5-6,14-16H,4,7-12H2;1-5,13-16H,6-11H2;2*1-3,5-6,11-13H,4,7-9H2/t27-,28+;19-,20+;17-,18+;15-,16+;14-,15+;11-,12+;11-,12-/m0000000/s1.